The van der Waals surface area contributed by atoms with Crippen LogP contribution in [0.3, 0.4) is 0 Å². The van der Waals surface area contributed by atoms with Crippen molar-refractivity contribution in [2.75, 3.05) is 0 Å². The predicted octanol–water partition coefficient (Wildman–Crippen LogP) is 4.16. The highest BCUT2D eigenvalue weighted by Gasteiger charge is 2.12. The molecule has 130 valence electrons. The van der Waals surface area contributed by atoms with E-state index in [4.69, 9.17) is 14.4 Å². The van der Waals surface area contributed by atoms with Crippen LogP contribution in [0, 0.1) is 11.3 Å². The van der Waals surface area contributed by atoms with Gasteiger partial charge in [-0.2, -0.15) is 9.94 Å². The van der Waals surface area contributed by atoms with E-state index in [-0.39, 0.29) is 6.08 Å². The van der Waals surface area contributed by atoms with Gasteiger partial charge in [0.15, 0.2) is 0 Å². The monoisotopic (exact) mass is 355 g/mol. The number of hydrogen-bond donors (Lipinski definition) is 0. The summed E-state index contributed by atoms with van der Waals surface area (Å²) in [5.41, 5.74) is 2.95. The van der Waals surface area contributed by atoms with Crippen LogP contribution in [0.25, 0.3) is 16.8 Å². The summed E-state index contributed by atoms with van der Waals surface area (Å²) in [5.74, 6) is -0.116. The van der Waals surface area contributed by atoms with Crippen molar-refractivity contribution in [2.45, 2.75) is 0 Å². The fraction of sp³-hybridized carbons (Fsp3) is 0. The molecule has 0 amide bonds. The van der Waals surface area contributed by atoms with Crippen molar-refractivity contribution >= 4 is 0 Å². The van der Waals surface area contributed by atoms with Crippen molar-refractivity contribution in [3.05, 3.63) is 95.0 Å². The minimum Gasteiger partial charge on any atom is -0.410 e. The maximum absolute atomic E-state index is 12.2. The van der Waals surface area contributed by atoms with Crippen molar-refractivity contribution in [3.63, 3.8) is 0 Å². The van der Waals surface area contributed by atoms with Gasteiger partial charge in [-0.05, 0) is 47.5 Å². The number of nitrogens with zero attached hydrogens (tertiary/aromatic N) is 3. The molecule has 1 heterocycles. The first-order valence-electron chi connectivity index (χ1n) is 8.17. The summed E-state index contributed by atoms with van der Waals surface area (Å²) in [6.45, 7) is 0. The summed E-state index contributed by atoms with van der Waals surface area (Å²) in [7, 11) is 0. The Kier molecular flexibility index (Phi) is 4.25. The minimum atomic E-state index is -0.641. The van der Waals surface area contributed by atoms with Gasteiger partial charge in [0.05, 0.1) is 17.3 Å². The van der Waals surface area contributed by atoms with E-state index in [0.717, 1.165) is 15.8 Å². The fourth-order valence-electron chi connectivity index (χ4n) is 2.61. The molecule has 0 aliphatic rings. The van der Waals surface area contributed by atoms with Gasteiger partial charge in [0.2, 0.25) is 0 Å². The molecule has 0 aliphatic carbocycles. The Hall–Kier alpha value is -4.11. The second-order valence-electron chi connectivity index (χ2n) is 5.70. The molecule has 3 aromatic carbocycles. The highest BCUT2D eigenvalue weighted by Crippen LogP contribution is 2.23. The Morgan fingerprint density at radius 3 is 2.44 bits per heavy atom. The summed E-state index contributed by atoms with van der Waals surface area (Å²) in [5, 5.41) is 13.0. The summed E-state index contributed by atoms with van der Waals surface area (Å²) >= 11 is 0. The lowest BCUT2D eigenvalue weighted by Crippen LogP contribution is -2.13. The second kappa shape index (κ2) is 7.02. The molecule has 27 heavy (non-hydrogen) atoms. The van der Waals surface area contributed by atoms with Crippen LogP contribution < -0.4 is 10.5 Å². The number of benzene rings is 3. The molecule has 0 aliphatic heterocycles. The highest BCUT2D eigenvalue weighted by molar-refractivity contribution is 5.66. The topological polar surface area (TPSA) is 81.1 Å². The van der Waals surface area contributed by atoms with Gasteiger partial charge >= 0.3 is 11.8 Å². The summed E-state index contributed by atoms with van der Waals surface area (Å²) < 4.78 is 11.7. The zero-order valence-electron chi connectivity index (χ0n) is 14.1. The van der Waals surface area contributed by atoms with Crippen LogP contribution >= 0.6 is 0 Å². The van der Waals surface area contributed by atoms with Crippen LogP contribution in [0.2, 0.25) is 0 Å². The van der Waals surface area contributed by atoms with E-state index in [1.807, 2.05) is 48.5 Å². The van der Waals surface area contributed by atoms with Gasteiger partial charge in [0.25, 0.3) is 0 Å². The van der Waals surface area contributed by atoms with Crippen molar-refractivity contribution in [2.24, 2.45) is 0 Å². The summed E-state index contributed by atoms with van der Waals surface area (Å²) in [6.07, 6.45) is -0.130. The van der Waals surface area contributed by atoms with Gasteiger partial charge in [0.1, 0.15) is 5.75 Å². The standard InChI is InChI=1S/C21H13N3O3/c22-14-15-9-11-16(12-10-15)17-5-4-6-18(13-17)24-21(25)27-20(23-24)26-19-7-2-1-3-8-19/h1-13H. The molecule has 4 rings (SSSR count). The van der Waals surface area contributed by atoms with Crippen LogP contribution in [0.1, 0.15) is 5.56 Å². The van der Waals surface area contributed by atoms with Crippen molar-refractivity contribution < 1.29 is 9.15 Å². The van der Waals surface area contributed by atoms with Gasteiger partial charge in [-0.1, -0.05) is 47.6 Å². The molecule has 0 saturated carbocycles. The molecular formula is C21H13N3O3. The van der Waals surface area contributed by atoms with Gasteiger partial charge in [-0.25, -0.2) is 4.79 Å². The Morgan fingerprint density at radius 1 is 0.926 bits per heavy atom. The molecule has 0 bridgehead atoms. The van der Waals surface area contributed by atoms with E-state index in [1.54, 1.807) is 30.3 Å². The number of nitriles is 1. The van der Waals surface area contributed by atoms with Crippen LogP contribution in [0.5, 0.6) is 11.8 Å². The van der Waals surface area contributed by atoms with Crippen LogP contribution in [-0.2, 0) is 0 Å². The van der Waals surface area contributed by atoms with Gasteiger partial charge in [-0.15, -0.1) is 0 Å². The van der Waals surface area contributed by atoms with Crippen LogP contribution in [0.15, 0.2) is 88.1 Å². The largest absolute Gasteiger partial charge is 0.444 e. The molecule has 6 heteroatoms. The first-order chi connectivity index (χ1) is 13.2. The Bertz CT molecular complexity index is 1170. The van der Waals surface area contributed by atoms with E-state index in [9.17, 15) is 4.79 Å². The van der Waals surface area contributed by atoms with E-state index >= 15 is 0 Å². The van der Waals surface area contributed by atoms with E-state index < -0.39 is 5.76 Å². The average molecular weight is 355 g/mol. The van der Waals surface area contributed by atoms with Crippen LogP contribution in [0.4, 0.5) is 0 Å². The normalized spacial score (nSPS) is 10.3. The Balaban J connectivity index is 1.66. The van der Waals surface area contributed by atoms with Crippen molar-refractivity contribution in [3.8, 4) is 34.7 Å². The molecule has 0 radical (unpaired) electrons. The van der Waals surface area contributed by atoms with Crippen molar-refractivity contribution in [1.82, 2.24) is 9.78 Å². The van der Waals surface area contributed by atoms with Gasteiger partial charge < -0.3 is 9.15 Å². The third-order valence-corrected chi connectivity index (χ3v) is 3.92. The molecular weight excluding hydrogens is 342 g/mol. The molecule has 6 nitrogen and oxygen atoms in total. The molecule has 1 aromatic heterocycles. The average Bonchev–Trinajstić information content (AvgIpc) is 3.09. The molecule has 0 saturated heterocycles. The maximum Gasteiger partial charge on any atom is 0.444 e. The number of rotatable bonds is 4. The summed E-state index contributed by atoms with van der Waals surface area (Å²) in [4.78, 5) is 12.2. The Labute approximate surface area is 154 Å². The van der Waals surface area contributed by atoms with E-state index in [0.29, 0.717) is 17.0 Å². The smallest absolute Gasteiger partial charge is 0.410 e. The number of ether oxygens (including phenoxy) is 1. The van der Waals surface area contributed by atoms with Gasteiger partial charge in [-0.3, -0.25) is 0 Å². The minimum absolute atomic E-state index is 0.130. The molecule has 4 aromatic rings. The first kappa shape index (κ1) is 16.4. The zero-order valence-corrected chi connectivity index (χ0v) is 14.1. The first-order valence-corrected chi connectivity index (χ1v) is 8.17. The quantitative estimate of drug-likeness (QED) is 0.549. The lowest BCUT2D eigenvalue weighted by Gasteiger charge is -2.04. The molecule has 0 spiro atoms. The number of para-hydroxylation sites is 1. The maximum atomic E-state index is 12.2. The third kappa shape index (κ3) is 3.48. The molecule has 0 fully saturated rings. The third-order valence-electron chi connectivity index (χ3n) is 3.92. The molecule has 0 atom stereocenters. The Morgan fingerprint density at radius 2 is 1.70 bits per heavy atom. The van der Waals surface area contributed by atoms with Crippen LogP contribution in [-0.4, -0.2) is 9.78 Å². The lowest BCUT2D eigenvalue weighted by molar-refractivity contribution is 0.320. The van der Waals surface area contributed by atoms with Gasteiger partial charge in [0, 0.05) is 0 Å². The molecule has 0 N–H and O–H groups in total. The SMILES string of the molecule is N#Cc1ccc(-c2cccc(-n3nc(Oc4ccccc4)oc3=O)c2)cc1. The predicted molar refractivity (Wildman–Crippen MR) is 98.8 cm³/mol. The van der Waals surface area contributed by atoms with E-state index in [2.05, 4.69) is 11.2 Å². The summed E-state index contributed by atoms with van der Waals surface area (Å²) in [6, 6.07) is 25.6. The second-order valence-corrected chi connectivity index (χ2v) is 5.70. The number of hydrogen-bond acceptors (Lipinski definition) is 5. The molecule has 0 unspecified atom stereocenters. The van der Waals surface area contributed by atoms with Crippen molar-refractivity contribution in [1.29, 1.82) is 5.26 Å². The number of aromatic nitrogens is 2. The zero-order chi connectivity index (χ0) is 18.6. The lowest BCUT2D eigenvalue weighted by atomic mass is 10.0. The highest BCUT2D eigenvalue weighted by atomic mass is 16.6. The fourth-order valence-corrected chi connectivity index (χ4v) is 2.61. The van der Waals surface area contributed by atoms with E-state index in [1.165, 1.54) is 0 Å².